The quantitative estimate of drug-likeness (QED) is 0.740. The Hall–Kier alpha value is -3.09. The number of hydrogen-bond donors (Lipinski definition) is 1. The van der Waals surface area contributed by atoms with E-state index in [9.17, 15) is 0 Å². The van der Waals surface area contributed by atoms with E-state index in [4.69, 9.17) is 15.2 Å². The van der Waals surface area contributed by atoms with Crippen LogP contribution in [0.4, 0.5) is 5.69 Å². The van der Waals surface area contributed by atoms with Crippen molar-refractivity contribution < 1.29 is 9.47 Å². The maximum atomic E-state index is 5.95. The molecule has 0 saturated heterocycles. The fourth-order valence-corrected chi connectivity index (χ4v) is 2.14. The average Bonchev–Trinajstić information content (AvgIpc) is 3.04. The van der Waals surface area contributed by atoms with Gasteiger partial charge in [0, 0.05) is 5.56 Å². The summed E-state index contributed by atoms with van der Waals surface area (Å²) in [5.74, 6) is 1.99. The van der Waals surface area contributed by atoms with Crippen molar-refractivity contribution in [3.8, 4) is 28.6 Å². The molecule has 0 fully saturated rings. The number of nitrogens with zero attached hydrogens (tertiary/aromatic N) is 4. The molecule has 1 aromatic heterocycles. The number of aromatic nitrogens is 4. The van der Waals surface area contributed by atoms with E-state index >= 15 is 0 Å². The zero-order valence-corrected chi connectivity index (χ0v) is 12.2. The van der Waals surface area contributed by atoms with Crippen LogP contribution in [-0.4, -0.2) is 34.4 Å². The highest BCUT2D eigenvalue weighted by Crippen LogP contribution is 2.28. The first-order valence-electron chi connectivity index (χ1n) is 6.59. The molecule has 0 aliphatic heterocycles. The van der Waals surface area contributed by atoms with E-state index in [0.29, 0.717) is 17.3 Å². The van der Waals surface area contributed by atoms with E-state index in [-0.39, 0.29) is 0 Å². The van der Waals surface area contributed by atoms with Crippen molar-refractivity contribution in [3.05, 3.63) is 42.5 Å². The van der Waals surface area contributed by atoms with Gasteiger partial charge in [-0.05, 0) is 52.9 Å². The number of nitrogen functional groups attached to an aromatic ring is 1. The van der Waals surface area contributed by atoms with Gasteiger partial charge in [-0.3, -0.25) is 0 Å². The van der Waals surface area contributed by atoms with Gasteiger partial charge < -0.3 is 15.2 Å². The van der Waals surface area contributed by atoms with Crippen LogP contribution in [0.15, 0.2) is 42.5 Å². The molecule has 22 heavy (non-hydrogen) atoms. The highest BCUT2D eigenvalue weighted by atomic mass is 16.5. The van der Waals surface area contributed by atoms with Crippen molar-refractivity contribution in [1.82, 2.24) is 20.2 Å². The van der Waals surface area contributed by atoms with Gasteiger partial charge in [-0.15, -0.1) is 5.10 Å². The third-order valence-electron chi connectivity index (χ3n) is 3.27. The Labute approximate surface area is 127 Å². The number of rotatable bonds is 4. The van der Waals surface area contributed by atoms with Crippen LogP contribution in [0.5, 0.6) is 11.5 Å². The second kappa shape index (κ2) is 5.72. The van der Waals surface area contributed by atoms with Crippen LogP contribution in [-0.2, 0) is 0 Å². The van der Waals surface area contributed by atoms with Gasteiger partial charge in [0.15, 0.2) is 5.82 Å². The van der Waals surface area contributed by atoms with Crippen LogP contribution in [0.1, 0.15) is 0 Å². The van der Waals surface area contributed by atoms with Gasteiger partial charge in [-0.25, -0.2) is 0 Å². The second-order valence-corrected chi connectivity index (χ2v) is 4.57. The molecule has 0 spiro atoms. The number of hydrogen-bond acceptors (Lipinski definition) is 6. The minimum Gasteiger partial charge on any atom is -0.497 e. The molecule has 0 unspecified atom stereocenters. The lowest BCUT2D eigenvalue weighted by molar-refractivity contribution is 0.414. The molecule has 0 aliphatic carbocycles. The van der Waals surface area contributed by atoms with Crippen molar-refractivity contribution in [1.29, 1.82) is 0 Å². The Balaban J connectivity index is 2.02. The Bertz CT molecular complexity index is 783. The number of ether oxygens (including phenoxy) is 2. The van der Waals surface area contributed by atoms with E-state index in [1.807, 2.05) is 30.3 Å². The first-order valence-corrected chi connectivity index (χ1v) is 6.59. The summed E-state index contributed by atoms with van der Waals surface area (Å²) in [5.41, 5.74) is 8.11. The lowest BCUT2D eigenvalue weighted by atomic mass is 10.1. The van der Waals surface area contributed by atoms with E-state index in [1.165, 1.54) is 0 Å². The monoisotopic (exact) mass is 297 g/mol. The summed E-state index contributed by atoms with van der Waals surface area (Å²) in [4.78, 5) is 0. The molecule has 2 N–H and O–H groups in total. The topological polar surface area (TPSA) is 88.1 Å². The van der Waals surface area contributed by atoms with Gasteiger partial charge in [-0.1, -0.05) is 0 Å². The minimum atomic E-state index is 0.532. The molecule has 0 bridgehead atoms. The van der Waals surface area contributed by atoms with Gasteiger partial charge in [0.05, 0.1) is 25.6 Å². The van der Waals surface area contributed by atoms with E-state index in [0.717, 1.165) is 17.0 Å². The highest BCUT2D eigenvalue weighted by Gasteiger charge is 2.12. The summed E-state index contributed by atoms with van der Waals surface area (Å²) in [6.45, 7) is 0. The average molecular weight is 297 g/mol. The number of anilines is 1. The van der Waals surface area contributed by atoms with Crippen LogP contribution in [0.3, 0.4) is 0 Å². The Kier molecular flexibility index (Phi) is 3.61. The first-order chi connectivity index (χ1) is 10.7. The van der Waals surface area contributed by atoms with E-state index in [2.05, 4.69) is 15.5 Å². The number of benzene rings is 2. The van der Waals surface area contributed by atoms with Crippen molar-refractivity contribution in [3.63, 3.8) is 0 Å². The van der Waals surface area contributed by atoms with Crippen molar-refractivity contribution >= 4 is 5.69 Å². The summed E-state index contributed by atoms with van der Waals surface area (Å²) < 4.78 is 12.0. The molecule has 7 nitrogen and oxygen atoms in total. The van der Waals surface area contributed by atoms with E-state index < -0.39 is 0 Å². The van der Waals surface area contributed by atoms with Gasteiger partial charge in [-0.2, -0.15) is 4.68 Å². The zero-order valence-electron chi connectivity index (χ0n) is 12.2. The summed E-state index contributed by atoms with van der Waals surface area (Å²) in [7, 11) is 3.20. The zero-order chi connectivity index (χ0) is 15.5. The Morgan fingerprint density at radius 3 is 2.41 bits per heavy atom. The molecular formula is C15H15N5O2. The summed E-state index contributed by atoms with van der Waals surface area (Å²) in [6.07, 6.45) is 0. The molecular weight excluding hydrogens is 282 g/mol. The predicted molar refractivity (Wildman–Crippen MR) is 82.1 cm³/mol. The summed E-state index contributed by atoms with van der Waals surface area (Å²) in [5, 5.41) is 11.9. The third-order valence-corrected chi connectivity index (χ3v) is 3.27. The number of methoxy groups -OCH3 is 2. The molecule has 0 amide bonds. The van der Waals surface area contributed by atoms with E-state index in [1.54, 1.807) is 31.0 Å². The number of nitrogens with two attached hydrogens (primary N) is 1. The van der Waals surface area contributed by atoms with Crippen LogP contribution >= 0.6 is 0 Å². The van der Waals surface area contributed by atoms with Crippen LogP contribution in [0.25, 0.3) is 17.1 Å². The Morgan fingerprint density at radius 2 is 1.77 bits per heavy atom. The molecule has 0 atom stereocenters. The maximum Gasteiger partial charge on any atom is 0.187 e. The lowest BCUT2D eigenvalue weighted by Crippen LogP contribution is -2.00. The second-order valence-electron chi connectivity index (χ2n) is 4.57. The largest absolute Gasteiger partial charge is 0.497 e. The van der Waals surface area contributed by atoms with Gasteiger partial charge in [0.1, 0.15) is 11.5 Å². The molecule has 1 heterocycles. The summed E-state index contributed by atoms with van der Waals surface area (Å²) >= 11 is 0. The van der Waals surface area contributed by atoms with Gasteiger partial charge >= 0.3 is 0 Å². The molecule has 0 aliphatic rings. The standard InChI is InChI=1S/C15H15N5O2/c1-21-12-6-4-11(5-7-12)20-15(17-18-19-20)10-3-8-14(22-2)13(16)9-10/h3-9H,16H2,1-2H3. The highest BCUT2D eigenvalue weighted by molar-refractivity contribution is 5.67. The SMILES string of the molecule is COc1ccc(-n2nnnc2-c2ccc(OC)c(N)c2)cc1. The summed E-state index contributed by atoms with van der Waals surface area (Å²) in [6, 6.07) is 12.9. The predicted octanol–water partition coefficient (Wildman–Crippen LogP) is 1.93. The molecule has 0 radical (unpaired) electrons. The molecule has 0 saturated carbocycles. The number of tetrazole rings is 1. The molecule has 7 heteroatoms. The normalized spacial score (nSPS) is 10.5. The fraction of sp³-hybridized carbons (Fsp3) is 0.133. The van der Waals surface area contributed by atoms with Crippen LogP contribution < -0.4 is 15.2 Å². The molecule has 3 aromatic rings. The van der Waals surface area contributed by atoms with Crippen molar-refractivity contribution in [2.24, 2.45) is 0 Å². The maximum absolute atomic E-state index is 5.95. The molecule has 3 rings (SSSR count). The van der Waals surface area contributed by atoms with Crippen molar-refractivity contribution in [2.75, 3.05) is 20.0 Å². The molecule has 2 aromatic carbocycles. The third kappa shape index (κ3) is 2.44. The lowest BCUT2D eigenvalue weighted by Gasteiger charge is -2.08. The van der Waals surface area contributed by atoms with Crippen LogP contribution in [0, 0.1) is 0 Å². The van der Waals surface area contributed by atoms with Crippen LogP contribution in [0.2, 0.25) is 0 Å². The molecule has 112 valence electrons. The Morgan fingerprint density at radius 1 is 1.00 bits per heavy atom. The van der Waals surface area contributed by atoms with Crippen molar-refractivity contribution in [2.45, 2.75) is 0 Å². The fourth-order valence-electron chi connectivity index (χ4n) is 2.14. The minimum absolute atomic E-state index is 0.532. The smallest absolute Gasteiger partial charge is 0.187 e. The first kappa shape index (κ1) is 13.9. The van der Waals surface area contributed by atoms with Gasteiger partial charge in [0.2, 0.25) is 0 Å². The van der Waals surface area contributed by atoms with Gasteiger partial charge in [0.25, 0.3) is 0 Å².